The molecule has 1 aromatic carbocycles. The van der Waals surface area contributed by atoms with Crippen LogP contribution < -0.4 is 10.5 Å². The van der Waals surface area contributed by atoms with E-state index in [4.69, 9.17) is 22.1 Å². The fourth-order valence-electron chi connectivity index (χ4n) is 1.21. The first-order valence-corrected chi connectivity index (χ1v) is 4.77. The van der Waals surface area contributed by atoms with Gasteiger partial charge in [0.1, 0.15) is 5.75 Å². The molecule has 0 saturated heterocycles. The standard InChI is InChI=1S/C11H14ClNO/c1-8-6-10(12)9(4-3-5-13)7-11(8)14-2/h3-4,6-7H,5,13H2,1-2H3/b4-3+. The molecule has 0 atom stereocenters. The van der Waals surface area contributed by atoms with Gasteiger partial charge in [-0.3, -0.25) is 0 Å². The number of hydrogen-bond acceptors (Lipinski definition) is 2. The summed E-state index contributed by atoms with van der Waals surface area (Å²) in [7, 11) is 1.65. The second-order valence-electron chi connectivity index (χ2n) is 2.98. The summed E-state index contributed by atoms with van der Waals surface area (Å²) < 4.78 is 5.20. The molecular formula is C11H14ClNO. The maximum atomic E-state index is 6.05. The fourth-order valence-corrected chi connectivity index (χ4v) is 1.49. The average Bonchev–Trinajstić information content (AvgIpc) is 2.17. The lowest BCUT2D eigenvalue weighted by atomic mass is 10.1. The lowest BCUT2D eigenvalue weighted by Crippen LogP contribution is -1.93. The summed E-state index contributed by atoms with van der Waals surface area (Å²) in [4.78, 5) is 0. The summed E-state index contributed by atoms with van der Waals surface area (Å²) in [6.45, 7) is 2.47. The number of halogens is 1. The Morgan fingerprint density at radius 3 is 2.79 bits per heavy atom. The highest BCUT2D eigenvalue weighted by atomic mass is 35.5. The van der Waals surface area contributed by atoms with Crippen LogP contribution >= 0.6 is 11.6 Å². The van der Waals surface area contributed by atoms with Gasteiger partial charge in [0.15, 0.2) is 0 Å². The Balaban J connectivity index is 3.10. The third-order valence-electron chi connectivity index (χ3n) is 1.95. The van der Waals surface area contributed by atoms with Gasteiger partial charge in [0.2, 0.25) is 0 Å². The lowest BCUT2D eigenvalue weighted by Gasteiger charge is -2.07. The fraction of sp³-hybridized carbons (Fsp3) is 0.273. The maximum absolute atomic E-state index is 6.05. The Bertz CT molecular complexity index is 347. The largest absolute Gasteiger partial charge is 0.496 e. The highest BCUT2D eigenvalue weighted by Crippen LogP contribution is 2.27. The number of benzene rings is 1. The van der Waals surface area contributed by atoms with Gasteiger partial charge in [-0.25, -0.2) is 0 Å². The van der Waals surface area contributed by atoms with Gasteiger partial charge in [-0.15, -0.1) is 0 Å². The molecule has 0 aliphatic rings. The summed E-state index contributed by atoms with van der Waals surface area (Å²) in [6.07, 6.45) is 3.75. The molecule has 2 nitrogen and oxygen atoms in total. The minimum absolute atomic E-state index is 0.506. The van der Waals surface area contributed by atoms with Crippen molar-refractivity contribution < 1.29 is 4.74 Å². The molecule has 0 bridgehead atoms. The van der Waals surface area contributed by atoms with Crippen molar-refractivity contribution in [1.82, 2.24) is 0 Å². The van der Waals surface area contributed by atoms with Crippen LogP contribution in [0.15, 0.2) is 18.2 Å². The molecule has 0 aliphatic carbocycles. The zero-order valence-electron chi connectivity index (χ0n) is 8.38. The van der Waals surface area contributed by atoms with Crippen LogP contribution in [0.2, 0.25) is 5.02 Å². The average molecular weight is 212 g/mol. The van der Waals surface area contributed by atoms with E-state index < -0.39 is 0 Å². The van der Waals surface area contributed by atoms with Crippen LogP contribution in [0.25, 0.3) is 6.08 Å². The van der Waals surface area contributed by atoms with Crippen molar-refractivity contribution in [3.8, 4) is 5.75 Å². The van der Waals surface area contributed by atoms with E-state index in [1.165, 1.54) is 0 Å². The molecule has 0 aliphatic heterocycles. The van der Waals surface area contributed by atoms with Crippen LogP contribution in [-0.4, -0.2) is 13.7 Å². The molecular weight excluding hydrogens is 198 g/mol. The zero-order valence-corrected chi connectivity index (χ0v) is 9.14. The highest BCUT2D eigenvalue weighted by molar-refractivity contribution is 6.32. The molecule has 0 radical (unpaired) electrons. The molecule has 0 aromatic heterocycles. The van der Waals surface area contributed by atoms with E-state index >= 15 is 0 Å². The predicted octanol–water partition coefficient (Wildman–Crippen LogP) is 2.63. The third-order valence-corrected chi connectivity index (χ3v) is 2.27. The van der Waals surface area contributed by atoms with Crippen LogP contribution in [0.3, 0.4) is 0 Å². The van der Waals surface area contributed by atoms with E-state index in [0.717, 1.165) is 16.9 Å². The van der Waals surface area contributed by atoms with Crippen LogP contribution in [-0.2, 0) is 0 Å². The first-order valence-electron chi connectivity index (χ1n) is 4.39. The van der Waals surface area contributed by atoms with Gasteiger partial charge >= 0.3 is 0 Å². The first kappa shape index (κ1) is 11.1. The van der Waals surface area contributed by atoms with Gasteiger partial charge in [0.05, 0.1) is 7.11 Å². The lowest BCUT2D eigenvalue weighted by molar-refractivity contribution is 0.411. The number of hydrogen-bond donors (Lipinski definition) is 1. The van der Waals surface area contributed by atoms with E-state index in [2.05, 4.69) is 0 Å². The van der Waals surface area contributed by atoms with Crippen LogP contribution in [0.1, 0.15) is 11.1 Å². The van der Waals surface area contributed by atoms with Crippen molar-refractivity contribution in [3.63, 3.8) is 0 Å². The van der Waals surface area contributed by atoms with E-state index in [-0.39, 0.29) is 0 Å². The first-order chi connectivity index (χ1) is 6.69. The zero-order chi connectivity index (χ0) is 10.6. The van der Waals surface area contributed by atoms with E-state index in [9.17, 15) is 0 Å². The molecule has 0 saturated carbocycles. The van der Waals surface area contributed by atoms with Gasteiger partial charge in [-0.2, -0.15) is 0 Å². The second-order valence-corrected chi connectivity index (χ2v) is 3.39. The number of ether oxygens (including phenoxy) is 1. The van der Waals surface area contributed by atoms with Gasteiger partial charge < -0.3 is 10.5 Å². The third kappa shape index (κ3) is 2.50. The SMILES string of the molecule is COc1cc(/C=C/CN)c(Cl)cc1C. The molecule has 14 heavy (non-hydrogen) atoms. The summed E-state index contributed by atoms with van der Waals surface area (Å²) in [5.41, 5.74) is 7.33. The summed E-state index contributed by atoms with van der Waals surface area (Å²) in [5.74, 6) is 0.839. The number of methoxy groups -OCH3 is 1. The molecule has 2 N–H and O–H groups in total. The number of nitrogens with two attached hydrogens (primary N) is 1. The molecule has 76 valence electrons. The van der Waals surface area contributed by atoms with Gasteiger partial charge in [-0.05, 0) is 30.2 Å². The van der Waals surface area contributed by atoms with Crippen LogP contribution in [0.4, 0.5) is 0 Å². The molecule has 0 fully saturated rings. The molecule has 0 amide bonds. The van der Waals surface area contributed by atoms with Crippen molar-refractivity contribution in [2.75, 3.05) is 13.7 Å². The van der Waals surface area contributed by atoms with Crippen LogP contribution in [0.5, 0.6) is 5.75 Å². The summed E-state index contributed by atoms with van der Waals surface area (Å²) in [5, 5.41) is 0.716. The van der Waals surface area contributed by atoms with Crippen molar-refractivity contribution in [3.05, 3.63) is 34.4 Å². The smallest absolute Gasteiger partial charge is 0.122 e. The Hall–Kier alpha value is -0.990. The Labute approximate surface area is 89.3 Å². The minimum Gasteiger partial charge on any atom is -0.496 e. The molecule has 0 unspecified atom stereocenters. The second kappa shape index (κ2) is 5.03. The quantitative estimate of drug-likeness (QED) is 0.834. The minimum atomic E-state index is 0.506. The monoisotopic (exact) mass is 211 g/mol. The summed E-state index contributed by atoms with van der Waals surface area (Å²) in [6, 6.07) is 3.79. The van der Waals surface area contributed by atoms with Gasteiger partial charge in [-0.1, -0.05) is 23.8 Å². The molecule has 3 heteroatoms. The molecule has 1 rings (SSSR count). The van der Waals surface area contributed by atoms with Crippen molar-refractivity contribution >= 4 is 17.7 Å². The van der Waals surface area contributed by atoms with Crippen molar-refractivity contribution in [2.45, 2.75) is 6.92 Å². The molecule has 0 heterocycles. The van der Waals surface area contributed by atoms with E-state index in [1.807, 2.05) is 31.2 Å². The van der Waals surface area contributed by atoms with E-state index in [0.29, 0.717) is 11.6 Å². The normalized spacial score (nSPS) is 10.9. The van der Waals surface area contributed by atoms with Crippen molar-refractivity contribution in [1.29, 1.82) is 0 Å². The van der Waals surface area contributed by atoms with Crippen molar-refractivity contribution in [2.24, 2.45) is 5.73 Å². The Morgan fingerprint density at radius 2 is 2.21 bits per heavy atom. The Morgan fingerprint density at radius 1 is 1.50 bits per heavy atom. The van der Waals surface area contributed by atoms with Gasteiger partial charge in [0.25, 0.3) is 0 Å². The van der Waals surface area contributed by atoms with Crippen LogP contribution in [0, 0.1) is 6.92 Å². The molecule has 0 spiro atoms. The Kier molecular flexibility index (Phi) is 3.98. The van der Waals surface area contributed by atoms with Gasteiger partial charge in [0, 0.05) is 11.6 Å². The predicted molar refractivity (Wildman–Crippen MR) is 60.8 cm³/mol. The number of rotatable bonds is 3. The topological polar surface area (TPSA) is 35.2 Å². The summed E-state index contributed by atoms with van der Waals surface area (Å²) >= 11 is 6.05. The molecule has 1 aromatic rings. The van der Waals surface area contributed by atoms with E-state index in [1.54, 1.807) is 7.11 Å². The number of aryl methyl sites for hydroxylation is 1. The highest BCUT2D eigenvalue weighted by Gasteiger charge is 2.03. The maximum Gasteiger partial charge on any atom is 0.122 e.